The predicted molar refractivity (Wildman–Crippen MR) is 191 cm³/mol. The van der Waals surface area contributed by atoms with Gasteiger partial charge in [-0.25, -0.2) is 0 Å². The molecule has 1 rings (SSSR count). The van der Waals surface area contributed by atoms with Crippen molar-refractivity contribution >= 4 is 0 Å². The van der Waals surface area contributed by atoms with Gasteiger partial charge in [0.15, 0.2) is 5.79 Å². The third-order valence-corrected chi connectivity index (χ3v) is 9.30. The molecule has 0 bridgehead atoms. The summed E-state index contributed by atoms with van der Waals surface area (Å²) in [7, 11) is 4.32. The number of ether oxygens (including phenoxy) is 2. The van der Waals surface area contributed by atoms with Crippen LogP contribution < -0.4 is 0 Å². The quantitative estimate of drug-likeness (QED) is 0.0581. The summed E-state index contributed by atoms with van der Waals surface area (Å²) in [5.41, 5.74) is 0. The van der Waals surface area contributed by atoms with Crippen molar-refractivity contribution in [1.82, 2.24) is 4.90 Å². The zero-order chi connectivity index (χ0) is 31.3. The Morgan fingerprint density at radius 2 is 0.953 bits per heavy atom. The van der Waals surface area contributed by atoms with Crippen LogP contribution in [0.5, 0.6) is 0 Å². The second-order valence-corrected chi connectivity index (χ2v) is 14.1. The molecule has 1 aliphatic rings. The summed E-state index contributed by atoms with van der Waals surface area (Å²) in [6.07, 6.45) is 44.1. The minimum atomic E-state index is -0.324. The van der Waals surface area contributed by atoms with Crippen LogP contribution in [0, 0.1) is 5.92 Å². The smallest absolute Gasteiger partial charge is 0.168 e. The second-order valence-electron chi connectivity index (χ2n) is 14.1. The van der Waals surface area contributed by atoms with Crippen LogP contribution in [0.1, 0.15) is 188 Å². The topological polar surface area (TPSA) is 21.7 Å². The lowest BCUT2D eigenvalue weighted by atomic mass is 9.98. The first-order valence-electron chi connectivity index (χ1n) is 19.3. The van der Waals surface area contributed by atoms with Crippen molar-refractivity contribution in [2.45, 2.75) is 200 Å². The Labute approximate surface area is 271 Å². The van der Waals surface area contributed by atoms with Gasteiger partial charge in [0.1, 0.15) is 0 Å². The van der Waals surface area contributed by atoms with Gasteiger partial charge in [0.25, 0.3) is 0 Å². The molecule has 0 saturated carbocycles. The van der Waals surface area contributed by atoms with E-state index in [4.69, 9.17) is 9.47 Å². The fourth-order valence-electron chi connectivity index (χ4n) is 6.52. The molecule has 1 aliphatic heterocycles. The van der Waals surface area contributed by atoms with Gasteiger partial charge in [-0.05, 0) is 84.2 Å². The van der Waals surface area contributed by atoms with Crippen molar-refractivity contribution in [3.8, 4) is 0 Å². The maximum absolute atomic E-state index is 6.77. The van der Waals surface area contributed by atoms with Gasteiger partial charge in [-0.1, -0.05) is 135 Å². The molecule has 0 aromatic carbocycles. The summed E-state index contributed by atoms with van der Waals surface area (Å²) in [6, 6.07) is 0. The molecule has 3 nitrogen and oxygen atoms in total. The molecule has 0 radical (unpaired) electrons. The van der Waals surface area contributed by atoms with Crippen LogP contribution in [-0.2, 0) is 9.47 Å². The van der Waals surface area contributed by atoms with Gasteiger partial charge in [0, 0.05) is 19.4 Å². The van der Waals surface area contributed by atoms with Crippen molar-refractivity contribution in [3.63, 3.8) is 0 Å². The van der Waals surface area contributed by atoms with Crippen LogP contribution in [0.2, 0.25) is 0 Å². The predicted octanol–water partition coefficient (Wildman–Crippen LogP) is 12.6. The monoisotopic (exact) mass is 604 g/mol. The molecule has 1 heterocycles. The van der Waals surface area contributed by atoms with Gasteiger partial charge in [-0.3, -0.25) is 0 Å². The zero-order valence-corrected chi connectivity index (χ0v) is 30.0. The third kappa shape index (κ3) is 23.4. The van der Waals surface area contributed by atoms with E-state index in [0.29, 0.717) is 5.92 Å². The molecule has 2 atom stereocenters. The van der Waals surface area contributed by atoms with Gasteiger partial charge in [-0.15, -0.1) is 0 Å². The number of allylic oxidation sites excluding steroid dienone is 4. The van der Waals surface area contributed by atoms with Gasteiger partial charge in [0.2, 0.25) is 0 Å². The SMILES string of the molecule is CCCCCC/C=C\CCCCCCCCC1(CCCCCCCC/C=C\CCCCCC)OC[C@H](C(C)CN(C)C)O1. The highest BCUT2D eigenvalue weighted by atomic mass is 16.7. The Balaban J connectivity index is 2.23. The van der Waals surface area contributed by atoms with Crippen LogP contribution in [0.3, 0.4) is 0 Å². The van der Waals surface area contributed by atoms with E-state index in [1.807, 2.05) is 0 Å². The molecule has 0 aromatic heterocycles. The summed E-state index contributed by atoms with van der Waals surface area (Å²) < 4.78 is 13.3. The molecule has 0 aliphatic carbocycles. The molecule has 0 spiro atoms. The Morgan fingerprint density at radius 1 is 0.581 bits per heavy atom. The van der Waals surface area contributed by atoms with Gasteiger partial charge < -0.3 is 14.4 Å². The fourth-order valence-corrected chi connectivity index (χ4v) is 6.52. The first-order chi connectivity index (χ1) is 21.0. The molecule has 0 amide bonds. The standard InChI is InChI=1S/C40H77NO2/c1-6-8-10-12-14-16-18-20-22-24-26-28-30-32-34-40(42-37-39(43-40)38(3)36-41(4)5)35-33-31-29-27-25-23-21-19-17-15-13-11-9-7-2/h16-19,38-39H,6-15,20-37H2,1-5H3/b18-16-,19-17-/t38?,39-/m1/s1. The van der Waals surface area contributed by atoms with Gasteiger partial charge in [-0.2, -0.15) is 0 Å². The second kappa shape index (κ2) is 28.8. The summed E-state index contributed by atoms with van der Waals surface area (Å²) in [6.45, 7) is 8.73. The van der Waals surface area contributed by atoms with E-state index in [1.54, 1.807) is 0 Å². The first kappa shape index (κ1) is 40.4. The van der Waals surface area contributed by atoms with Crippen molar-refractivity contribution < 1.29 is 9.47 Å². The van der Waals surface area contributed by atoms with E-state index < -0.39 is 0 Å². The number of hydrogen-bond donors (Lipinski definition) is 0. The number of hydrogen-bond acceptors (Lipinski definition) is 3. The maximum atomic E-state index is 6.77. The summed E-state index contributed by atoms with van der Waals surface area (Å²) >= 11 is 0. The normalized spacial score (nSPS) is 17.7. The van der Waals surface area contributed by atoms with Crippen LogP contribution in [-0.4, -0.2) is 44.0 Å². The number of unbranched alkanes of at least 4 members (excludes halogenated alkanes) is 20. The molecular formula is C40H77NO2. The molecular weight excluding hydrogens is 526 g/mol. The number of rotatable bonds is 31. The van der Waals surface area contributed by atoms with Crippen LogP contribution in [0.25, 0.3) is 0 Å². The van der Waals surface area contributed by atoms with Gasteiger partial charge >= 0.3 is 0 Å². The maximum Gasteiger partial charge on any atom is 0.168 e. The lowest BCUT2D eigenvalue weighted by molar-refractivity contribution is -0.184. The molecule has 0 N–H and O–H groups in total. The van der Waals surface area contributed by atoms with E-state index in [0.717, 1.165) is 26.0 Å². The van der Waals surface area contributed by atoms with E-state index in [2.05, 4.69) is 64.1 Å². The number of nitrogens with zero attached hydrogens (tertiary/aromatic N) is 1. The van der Waals surface area contributed by atoms with Crippen LogP contribution in [0.4, 0.5) is 0 Å². The molecule has 1 fully saturated rings. The Kier molecular flexibility index (Phi) is 27.1. The molecule has 43 heavy (non-hydrogen) atoms. The summed E-state index contributed by atoms with van der Waals surface area (Å²) in [5, 5.41) is 0. The van der Waals surface area contributed by atoms with E-state index in [9.17, 15) is 0 Å². The Hall–Kier alpha value is -0.640. The minimum Gasteiger partial charge on any atom is -0.347 e. The summed E-state index contributed by atoms with van der Waals surface area (Å²) in [5.74, 6) is 0.183. The highest BCUT2D eigenvalue weighted by Gasteiger charge is 2.42. The fraction of sp³-hybridized carbons (Fsp3) is 0.900. The van der Waals surface area contributed by atoms with Crippen LogP contribution in [0.15, 0.2) is 24.3 Å². The van der Waals surface area contributed by atoms with Crippen molar-refractivity contribution in [2.75, 3.05) is 27.2 Å². The first-order valence-corrected chi connectivity index (χ1v) is 19.3. The van der Waals surface area contributed by atoms with Crippen molar-refractivity contribution in [3.05, 3.63) is 24.3 Å². The summed E-state index contributed by atoms with van der Waals surface area (Å²) in [4.78, 5) is 2.28. The Bertz CT molecular complexity index is 604. The van der Waals surface area contributed by atoms with E-state index >= 15 is 0 Å². The molecule has 1 unspecified atom stereocenters. The zero-order valence-electron chi connectivity index (χ0n) is 30.0. The molecule has 1 saturated heterocycles. The lowest BCUT2D eigenvalue weighted by Gasteiger charge is -2.30. The average Bonchev–Trinajstić information content (AvgIpc) is 3.42. The Morgan fingerprint density at radius 3 is 1.35 bits per heavy atom. The largest absolute Gasteiger partial charge is 0.347 e. The van der Waals surface area contributed by atoms with Crippen molar-refractivity contribution in [1.29, 1.82) is 0 Å². The minimum absolute atomic E-state index is 0.238. The highest BCUT2D eigenvalue weighted by molar-refractivity contribution is 4.84. The lowest BCUT2D eigenvalue weighted by Crippen LogP contribution is -2.34. The van der Waals surface area contributed by atoms with Gasteiger partial charge in [0.05, 0.1) is 12.7 Å². The van der Waals surface area contributed by atoms with Crippen molar-refractivity contribution in [2.24, 2.45) is 5.92 Å². The third-order valence-electron chi connectivity index (χ3n) is 9.30. The van der Waals surface area contributed by atoms with E-state index in [1.165, 1.54) is 154 Å². The molecule has 3 heteroatoms. The van der Waals surface area contributed by atoms with E-state index in [-0.39, 0.29) is 11.9 Å². The average molecular weight is 604 g/mol. The highest BCUT2D eigenvalue weighted by Crippen LogP contribution is 2.37. The molecule has 254 valence electrons. The van der Waals surface area contributed by atoms with Crippen LogP contribution >= 0.6 is 0 Å². The molecule has 0 aromatic rings.